The Morgan fingerprint density at radius 3 is 2.00 bits per heavy atom. The molecule has 0 heterocycles. The minimum atomic E-state index is -4.43. The maximum atomic E-state index is 12.5. The Bertz CT molecular complexity index is 633. The highest BCUT2D eigenvalue weighted by atomic mass is 19.4. The van der Waals surface area contributed by atoms with E-state index in [0.717, 1.165) is 24.3 Å². The monoisotopic (exact) mass is 295 g/mol. The van der Waals surface area contributed by atoms with Crippen LogP contribution < -0.4 is 4.90 Å². The fourth-order valence-corrected chi connectivity index (χ4v) is 1.79. The van der Waals surface area contributed by atoms with Crippen molar-refractivity contribution >= 4 is 11.6 Å². The number of alkyl halides is 3. The van der Waals surface area contributed by atoms with Crippen molar-refractivity contribution in [3.8, 4) is 5.75 Å². The molecule has 0 saturated carbocycles. The SMILES string of the molecule is CN(C(=O)c1ccc(C(F)(F)F)cc1)c1ccc(O)cc1. The molecule has 0 saturated heterocycles. The zero-order valence-electron chi connectivity index (χ0n) is 11.1. The molecule has 21 heavy (non-hydrogen) atoms. The van der Waals surface area contributed by atoms with E-state index in [9.17, 15) is 23.1 Å². The highest BCUT2D eigenvalue weighted by Crippen LogP contribution is 2.29. The van der Waals surface area contributed by atoms with Gasteiger partial charge in [0, 0.05) is 18.3 Å². The van der Waals surface area contributed by atoms with E-state index >= 15 is 0 Å². The number of carbonyl (C=O) groups excluding carboxylic acids is 1. The molecule has 0 spiro atoms. The van der Waals surface area contributed by atoms with Crippen molar-refractivity contribution in [2.45, 2.75) is 6.18 Å². The Morgan fingerprint density at radius 1 is 1.00 bits per heavy atom. The first kappa shape index (κ1) is 14.9. The van der Waals surface area contributed by atoms with E-state index in [1.807, 2.05) is 0 Å². The average molecular weight is 295 g/mol. The van der Waals surface area contributed by atoms with Gasteiger partial charge in [-0.25, -0.2) is 0 Å². The van der Waals surface area contributed by atoms with E-state index in [0.29, 0.717) is 5.69 Å². The van der Waals surface area contributed by atoms with Gasteiger partial charge in [0.2, 0.25) is 0 Å². The van der Waals surface area contributed by atoms with Gasteiger partial charge in [-0.1, -0.05) is 0 Å². The summed E-state index contributed by atoms with van der Waals surface area (Å²) < 4.78 is 37.4. The predicted octanol–water partition coefficient (Wildman–Crippen LogP) is 3.69. The van der Waals surface area contributed by atoms with Crippen LogP contribution in [0.1, 0.15) is 15.9 Å². The largest absolute Gasteiger partial charge is 0.508 e. The van der Waals surface area contributed by atoms with E-state index in [-0.39, 0.29) is 11.3 Å². The number of anilines is 1. The molecule has 0 aliphatic rings. The van der Waals surface area contributed by atoms with Crippen LogP contribution in [0.2, 0.25) is 0 Å². The minimum Gasteiger partial charge on any atom is -0.508 e. The molecule has 2 rings (SSSR count). The van der Waals surface area contributed by atoms with Crippen LogP contribution in [0.4, 0.5) is 18.9 Å². The molecule has 1 amide bonds. The van der Waals surface area contributed by atoms with Gasteiger partial charge in [-0.3, -0.25) is 4.79 Å². The van der Waals surface area contributed by atoms with Crippen molar-refractivity contribution in [3.05, 3.63) is 59.7 Å². The second-order valence-corrected chi connectivity index (χ2v) is 4.46. The Morgan fingerprint density at radius 2 is 1.52 bits per heavy atom. The average Bonchev–Trinajstić information content (AvgIpc) is 2.46. The van der Waals surface area contributed by atoms with Gasteiger partial charge >= 0.3 is 6.18 Å². The number of rotatable bonds is 2. The number of hydrogen-bond acceptors (Lipinski definition) is 2. The summed E-state index contributed by atoms with van der Waals surface area (Å²) in [6.07, 6.45) is -4.43. The van der Waals surface area contributed by atoms with Crippen molar-refractivity contribution < 1.29 is 23.1 Å². The fourth-order valence-electron chi connectivity index (χ4n) is 1.79. The van der Waals surface area contributed by atoms with Gasteiger partial charge in [0.15, 0.2) is 0 Å². The molecule has 110 valence electrons. The van der Waals surface area contributed by atoms with Gasteiger partial charge < -0.3 is 10.0 Å². The maximum Gasteiger partial charge on any atom is 0.416 e. The second kappa shape index (κ2) is 5.47. The van der Waals surface area contributed by atoms with Crippen LogP contribution in [0.5, 0.6) is 5.75 Å². The molecule has 0 aliphatic carbocycles. The molecule has 0 aliphatic heterocycles. The molecule has 0 radical (unpaired) electrons. The molecule has 0 fully saturated rings. The van der Waals surface area contributed by atoms with Gasteiger partial charge in [0.1, 0.15) is 5.75 Å². The molecular formula is C15H12F3NO2. The van der Waals surface area contributed by atoms with Crippen LogP contribution in [0.15, 0.2) is 48.5 Å². The number of halogens is 3. The first-order chi connectivity index (χ1) is 9.79. The third kappa shape index (κ3) is 3.34. The number of phenols is 1. The normalized spacial score (nSPS) is 11.2. The van der Waals surface area contributed by atoms with Gasteiger partial charge in [0.25, 0.3) is 5.91 Å². The number of aromatic hydroxyl groups is 1. The molecule has 1 N–H and O–H groups in total. The van der Waals surface area contributed by atoms with Crippen LogP contribution in [-0.4, -0.2) is 18.1 Å². The topological polar surface area (TPSA) is 40.5 Å². The Balaban J connectivity index is 2.21. The van der Waals surface area contributed by atoms with Gasteiger partial charge in [0.05, 0.1) is 5.56 Å². The third-order valence-corrected chi connectivity index (χ3v) is 3.00. The lowest BCUT2D eigenvalue weighted by atomic mass is 10.1. The number of phenolic OH excluding ortho intramolecular Hbond substituents is 1. The molecule has 0 atom stereocenters. The predicted molar refractivity (Wildman–Crippen MR) is 72.3 cm³/mol. The molecule has 2 aromatic rings. The fraction of sp³-hybridized carbons (Fsp3) is 0.133. The highest BCUT2D eigenvalue weighted by Gasteiger charge is 2.30. The maximum absolute atomic E-state index is 12.5. The minimum absolute atomic E-state index is 0.0640. The van der Waals surface area contributed by atoms with Crippen molar-refractivity contribution in [1.82, 2.24) is 0 Å². The quantitative estimate of drug-likeness (QED) is 0.918. The molecule has 0 bridgehead atoms. The lowest BCUT2D eigenvalue weighted by Crippen LogP contribution is -2.26. The molecule has 0 unspecified atom stereocenters. The number of benzene rings is 2. The lowest BCUT2D eigenvalue weighted by molar-refractivity contribution is -0.137. The van der Waals surface area contributed by atoms with Crippen molar-refractivity contribution in [3.63, 3.8) is 0 Å². The summed E-state index contributed by atoms with van der Waals surface area (Å²) >= 11 is 0. The van der Waals surface area contributed by atoms with E-state index in [1.165, 1.54) is 36.2 Å². The van der Waals surface area contributed by atoms with E-state index < -0.39 is 17.6 Å². The summed E-state index contributed by atoms with van der Waals surface area (Å²) in [5.74, 6) is -0.372. The van der Waals surface area contributed by atoms with E-state index in [1.54, 1.807) is 0 Å². The zero-order valence-corrected chi connectivity index (χ0v) is 11.1. The standard InChI is InChI=1S/C15H12F3NO2/c1-19(12-6-8-13(20)9-7-12)14(21)10-2-4-11(5-3-10)15(16,17)18/h2-9,20H,1H3. The number of amides is 1. The summed E-state index contributed by atoms with van der Waals surface area (Å²) in [7, 11) is 1.51. The number of carbonyl (C=O) groups is 1. The molecule has 6 heteroatoms. The van der Waals surface area contributed by atoms with Crippen LogP contribution in [0.3, 0.4) is 0 Å². The van der Waals surface area contributed by atoms with E-state index in [2.05, 4.69) is 0 Å². The third-order valence-electron chi connectivity index (χ3n) is 3.00. The van der Waals surface area contributed by atoms with Crippen LogP contribution in [-0.2, 0) is 6.18 Å². The summed E-state index contributed by atoms with van der Waals surface area (Å²) in [6.45, 7) is 0. The number of hydrogen-bond donors (Lipinski definition) is 1. The smallest absolute Gasteiger partial charge is 0.416 e. The summed E-state index contributed by atoms with van der Waals surface area (Å²) in [5.41, 5.74) is -0.123. The van der Waals surface area contributed by atoms with E-state index in [4.69, 9.17) is 0 Å². The van der Waals surface area contributed by atoms with Crippen molar-refractivity contribution in [2.24, 2.45) is 0 Å². The summed E-state index contributed by atoms with van der Waals surface area (Å²) in [5, 5.41) is 9.19. The van der Waals surface area contributed by atoms with Gasteiger partial charge in [-0.05, 0) is 48.5 Å². The first-order valence-electron chi connectivity index (χ1n) is 6.03. The second-order valence-electron chi connectivity index (χ2n) is 4.46. The Labute approximate surface area is 119 Å². The zero-order chi connectivity index (χ0) is 15.6. The van der Waals surface area contributed by atoms with Crippen LogP contribution in [0.25, 0.3) is 0 Å². The molecule has 0 aromatic heterocycles. The Kier molecular flexibility index (Phi) is 3.88. The molecule has 2 aromatic carbocycles. The summed E-state index contributed by atoms with van der Waals surface area (Å²) in [6, 6.07) is 9.95. The van der Waals surface area contributed by atoms with Crippen LogP contribution >= 0.6 is 0 Å². The lowest BCUT2D eigenvalue weighted by Gasteiger charge is -2.17. The first-order valence-corrected chi connectivity index (χ1v) is 6.03. The Hall–Kier alpha value is -2.50. The summed E-state index contributed by atoms with van der Waals surface area (Å²) in [4.78, 5) is 13.5. The van der Waals surface area contributed by atoms with Gasteiger partial charge in [-0.2, -0.15) is 13.2 Å². The van der Waals surface area contributed by atoms with Crippen molar-refractivity contribution in [1.29, 1.82) is 0 Å². The van der Waals surface area contributed by atoms with Crippen molar-refractivity contribution in [2.75, 3.05) is 11.9 Å². The molecular weight excluding hydrogens is 283 g/mol. The molecule has 3 nitrogen and oxygen atoms in total. The van der Waals surface area contributed by atoms with Crippen LogP contribution in [0, 0.1) is 0 Å². The number of nitrogens with zero attached hydrogens (tertiary/aromatic N) is 1. The van der Waals surface area contributed by atoms with Gasteiger partial charge in [-0.15, -0.1) is 0 Å². The highest BCUT2D eigenvalue weighted by molar-refractivity contribution is 6.05.